The van der Waals surface area contributed by atoms with Crippen LogP contribution in [-0.4, -0.2) is 40.2 Å². The van der Waals surface area contributed by atoms with Crippen molar-refractivity contribution in [3.63, 3.8) is 0 Å². The van der Waals surface area contributed by atoms with Crippen molar-refractivity contribution in [2.45, 2.75) is 18.9 Å². The molecule has 2 aromatic rings. The number of nitrogens with zero attached hydrogens (tertiary/aromatic N) is 2. The van der Waals surface area contributed by atoms with Crippen molar-refractivity contribution in [2.24, 2.45) is 0 Å². The minimum Gasteiger partial charge on any atom is -0.327 e. The van der Waals surface area contributed by atoms with E-state index in [-0.39, 0.29) is 27.7 Å². The molecule has 1 aromatic heterocycles. The average Bonchev–Trinajstić information content (AvgIpc) is 3.09. The highest BCUT2D eigenvalue weighted by atomic mass is 35.5. The highest BCUT2D eigenvalue weighted by Gasteiger charge is 2.38. The largest absolute Gasteiger partial charge is 0.327 e. The Kier molecular flexibility index (Phi) is 4.49. The van der Waals surface area contributed by atoms with Crippen LogP contribution >= 0.6 is 23.2 Å². The molecule has 2 N–H and O–H groups in total. The van der Waals surface area contributed by atoms with Crippen LogP contribution in [0, 0.1) is 0 Å². The van der Waals surface area contributed by atoms with Gasteiger partial charge in [0.15, 0.2) is 0 Å². The lowest BCUT2D eigenvalue weighted by molar-refractivity contribution is -0.119. The van der Waals surface area contributed by atoms with Gasteiger partial charge < -0.3 is 15.5 Å². The molecule has 1 fully saturated rings. The van der Waals surface area contributed by atoms with E-state index in [4.69, 9.17) is 23.2 Å². The molecule has 1 aromatic carbocycles. The number of benzene rings is 1. The van der Waals surface area contributed by atoms with Crippen LogP contribution in [0.2, 0.25) is 10.3 Å². The fourth-order valence-electron chi connectivity index (χ4n) is 3.34. The van der Waals surface area contributed by atoms with Gasteiger partial charge in [0, 0.05) is 12.2 Å². The lowest BCUT2D eigenvalue weighted by Gasteiger charge is -2.20. The molecule has 1 saturated heterocycles. The molecular weight excluding hydrogens is 391 g/mol. The van der Waals surface area contributed by atoms with Crippen LogP contribution in [0.3, 0.4) is 0 Å². The van der Waals surface area contributed by atoms with Gasteiger partial charge in [-0.3, -0.25) is 14.4 Å². The van der Waals surface area contributed by atoms with E-state index in [1.54, 1.807) is 23.1 Å². The molecule has 0 aliphatic carbocycles. The van der Waals surface area contributed by atoms with Crippen molar-refractivity contribution in [1.82, 2.24) is 9.88 Å². The monoisotopic (exact) mass is 404 g/mol. The maximum atomic E-state index is 12.8. The Morgan fingerprint density at radius 1 is 1.22 bits per heavy atom. The number of aromatic nitrogens is 1. The Morgan fingerprint density at radius 3 is 2.81 bits per heavy atom. The smallest absolute Gasteiger partial charge is 0.258 e. The zero-order valence-electron chi connectivity index (χ0n) is 14.0. The number of pyridine rings is 1. The number of carbonyl (C=O) groups excluding carboxylic acids is 3. The quantitative estimate of drug-likeness (QED) is 0.751. The van der Waals surface area contributed by atoms with Crippen LogP contribution in [0.15, 0.2) is 30.3 Å². The lowest BCUT2D eigenvalue weighted by Crippen LogP contribution is -2.40. The Hall–Kier alpha value is -2.64. The summed E-state index contributed by atoms with van der Waals surface area (Å²) in [6.45, 7) is 0.541. The van der Waals surface area contributed by atoms with E-state index in [9.17, 15) is 14.4 Å². The van der Waals surface area contributed by atoms with Crippen molar-refractivity contribution in [1.29, 1.82) is 0 Å². The van der Waals surface area contributed by atoms with E-state index >= 15 is 0 Å². The predicted octanol–water partition coefficient (Wildman–Crippen LogP) is 3.20. The first-order valence-electron chi connectivity index (χ1n) is 8.33. The summed E-state index contributed by atoms with van der Waals surface area (Å²) in [5.41, 5.74) is 1.34. The second-order valence-corrected chi connectivity index (χ2v) is 7.08. The molecule has 3 amide bonds. The number of fused-ring (bicyclic) bond motifs is 2. The van der Waals surface area contributed by atoms with Crippen LogP contribution < -0.4 is 10.6 Å². The SMILES string of the molecule is O=C(Nc1ccc2c(c1)C(=O)N1CCC[C@H]1C(=O)N2)c1ccc(Cl)nc1Cl. The molecule has 1 atom stereocenters. The van der Waals surface area contributed by atoms with E-state index in [0.29, 0.717) is 29.9 Å². The first-order valence-corrected chi connectivity index (χ1v) is 9.09. The average molecular weight is 405 g/mol. The first kappa shape index (κ1) is 17.8. The normalized spacial score (nSPS) is 18.4. The van der Waals surface area contributed by atoms with Crippen molar-refractivity contribution < 1.29 is 14.4 Å². The van der Waals surface area contributed by atoms with Crippen LogP contribution in [0.4, 0.5) is 11.4 Å². The fraction of sp³-hybridized carbons (Fsp3) is 0.222. The number of hydrogen-bond donors (Lipinski definition) is 2. The topological polar surface area (TPSA) is 91.4 Å². The van der Waals surface area contributed by atoms with E-state index in [2.05, 4.69) is 15.6 Å². The standard InChI is InChI=1S/C18H14Cl2N4O3/c19-14-6-4-10(15(20)23-14)16(25)21-9-3-5-12-11(8-9)18(27)24-7-1-2-13(24)17(26)22-12/h3-6,8,13H,1-2,7H2,(H,21,25)(H,22,26)/t13-/m0/s1. The molecule has 27 heavy (non-hydrogen) atoms. The third-order valence-corrected chi connectivity index (χ3v) is 5.14. The van der Waals surface area contributed by atoms with Gasteiger partial charge in [-0.15, -0.1) is 0 Å². The molecule has 0 bridgehead atoms. The van der Waals surface area contributed by atoms with Crippen molar-refractivity contribution in [3.8, 4) is 0 Å². The Labute approximate surface area is 164 Å². The van der Waals surface area contributed by atoms with Crippen molar-refractivity contribution in [3.05, 3.63) is 51.8 Å². The summed E-state index contributed by atoms with van der Waals surface area (Å²) in [6, 6.07) is 7.25. The molecule has 7 nitrogen and oxygen atoms in total. The zero-order valence-corrected chi connectivity index (χ0v) is 15.5. The predicted molar refractivity (Wildman–Crippen MR) is 101 cm³/mol. The molecule has 0 radical (unpaired) electrons. The van der Waals surface area contributed by atoms with Gasteiger partial charge in [-0.05, 0) is 43.2 Å². The summed E-state index contributed by atoms with van der Waals surface area (Å²) in [4.78, 5) is 43.0. The second kappa shape index (κ2) is 6.83. The van der Waals surface area contributed by atoms with Gasteiger partial charge >= 0.3 is 0 Å². The Bertz CT molecular complexity index is 979. The molecule has 2 aliphatic heterocycles. The van der Waals surface area contributed by atoms with Gasteiger partial charge in [0.05, 0.1) is 16.8 Å². The van der Waals surface area contributed by atoms with Crippen LogP contribution in [-0.2, 0) is 4.79 Å². The molecule has 0 saturated carbocycles. The van der Waals surface area contributed by atoms with Gasteiger partial charge in [0.1, 0.15) is 16.3 Å². The number of amides is 3. The number of carbonyl (C=O) groups is 3. The highest BCUT2D eigenvalue weighted by molar-refractivity contribution is 6.35. The first-order chi connectivity index (χ1) is 12.9. The molecule has 9 heteroatoms. The second-order valence-electron chi connectivity index (χ2n) is 6.33. The summed E-state index contributed by atoms with van der Waals surface area (Å²) < 4.78 is 0. The number of anilines is 2. The third kappa shape index (κ3) is 3.24. The van der Waals surface area contributed by atoms with E-state index < -0.39 is 11.9 Å². The van der Waals surface area contributed by atoms with E-state index in [1.165, 1.54) is 12.1 Å². The van der Waals surface area contributed by atoms with Gasteiger partial charge in [-0.2, -0.15) is 0 Å². The minimum absolute atomic E-state index is 0.0157. The summed E-state index contributed by atoms with van der Waals surface area (Å²) in [6.07, 6.45) is 1.44. The van der Waals surface area contributed by atoms with Crippen molar-refractivity contribution >= 4 is 52.3 Å². The van der Waals surface area contributed by atoms with Crippen LogP contribution in [0.1, 0.15) is 33.6 Å². The number of hydrogen-bond acceptors (Lipinski definition) is 4. The molecule has 0 unspecified atom stereocenters. The fourth-order valence-corrected chi connectivity index (χ4v) is 3.77. The third-order valence-electron chi connectivity index (χ3n) is 4.64. The number of rotatable bonds is 2. The highest BCUT2D eigenvalue weighted by Crippen LogP contribution is 2.30. The summed E-state index contributed by atoms with van der Waals surface area (Å²) in [5, 5.41) is 5.65. The minimum atomic E-state index is -0.478. The Balaban J connectivity index is 1.63. The van der Waals surface area contributed by atoms with Crippen LogP contribution in [0.25, 0.3) is 0 Å². The number of halogens is 2. The van der Waals surface area contributed by atoms with Crippen molar-refractivity contribution in [2.75, 3.05) is 17.2 Å². The maximum absolute atomic E-state index is 12.8. The van der Waals surface area contributed by atoms with Gasteiger partial charge in [-0.25, -0.2) is 4.98 Å². The van der Waals surface area contributed by atoms with E-state index in [0.717, 1.165) is 6.42 Å². The molecule has 0 spiro atoms. The Morgan fingerprint density at radius 2 is 2.04 bits per heavy atom. The summed E-state index contributed by atoms with van der Waals surface area (Å²) in [7, 11) is 0. The molecular formula is C18H14Cl2N4O3. The van der Waals surface area contributed by atoms with Gasteiger partial charge in [0.25, 0.3) is 11.8 Å². The molecule has 2 aliphatic rings. The van der Waals surface area contributed by atoms with Gasteiger partial charge in [0.2, 0.25) is 5.91 Å². The van der Waals surface area contributed by atoms with Gasteiger partial charge in [-0.1, -0.05) is 23.2 Å². The summed E-state index contributed by atoms with van der Waals surface area (Å²) >= 11 is 11.7. The summed E-state index contributed by atoms with van der Waals surface area (Å²) in [5.74, 6) is -0.892. The lowest BCUT2D eigenvalue weighted by atomic mass is 10.1. The van der Waals surface area contributed by atoms with E-state index in [1.807, 2.05) is 0 Å². The van der Waals surface area contributed by atoms with Crippen LogP contribution in [0.5, 0.6) is 0 Å². The molecule has 4 rings (SSSR count). The number of nitrogens with one attached hydrogen (secondary N) is 2. The molecule has 138 valence electrons. The maximum Gasteiger partial charge on any atom is 0.258 e. The molecule has 3 heterocycles. The zero-order chi connectivity index (χ0) is 19.1.